The summed E-state index contributed by atoms with van der Waals surface area (Å²) in [5.41, 5.74) is -3.05. The van der Waals surface area contributed by atoms with Crippen LogP contribution in [-0.4, -0.2) is 52.1 Å². The van der Waals surface area contributed by atoms with Gasteiger partial charge in [0.2, 0.25) is 17.4 Å². The number of nitrogens with one attached hydrogen (secondary N) is 1. The van der Waals surface area contributed by atoms with Crippen molar-refractivity contribution in [3.8, 4) is 0 Å². The molecule has 2 amide bonds. The van der Waals surface area contributed by atoms with Crippen molar-refractivity contribution in [2.75, 3.05) is 13.1 Å². The number of rotatable bonds is 4. The van der Waals surface area contributed by atoms with Crippen LogP contribution in [0.2, 0.25) is 0 Å². The first-order chi connectivity index (χ1) is 11.5. The van der Waals surface area contributed by atoms with E-state index < -0.39 is 41.1 Å². The normalized spacial score (nSPS) is 21.2. The summed E-state index contributed by atoms with van der Waals surface area (Å²) in [4.78, 5) is 29.4. The number of halogens is 3. The molecule has 140 valence electrons. The summed E-state index contributed by atoms with van der Waals surface area (Å²) in [6.45, 7) is 5.17. The first kappa shape index (κ1) is 19.6. The van der Waals surface area contributed by atoms with E-state index in [0.29, 0.717) is 17.0 Å². The largest absolute Gasteiger partial charge is 0.424 e. The third-order valence-electron chi connectivity index (χ3n) is 4.06. The number of hydrogen-bond acceptors (Lipinski definition) is 5. The highest BCUT2D eigenvalue weighted by molar-refractivity contribution is 7.09. The molecule has 2 N–H and O–H groups in total. The molecule has 2 heterocycles. The van der Waals surface area contributed by atoms with Gasteiger partial charge in [-0.15, -0.1) is 11.3 Å². The Morgan fingerprint density at radius 1 is 1.52 bits per heavy atom. The highest BCUT2D eigenvalue weighted by Gasteiger charge is 2.59. The number of aryl methyl sites for hydroxylation is 1. The van der Waals surface area contributed by atoms with Crippen LogP contribution in [0.25, 0.3) is 0 Å². The maximum Gasteiger partial charge on any atom is 0.424 e. The van der Waals surface area contributed by atoms with Crippen LogP contribution >= 0.6 is 11.3 Å². The number of amides is 2. The van der Waals surface area contributed by atoms with Crippen molar-refractivity contribution in [3.63, 3.8) is 0 Å². The molecule has 0 aromatic carbocycles. The van der Waals surface area contributed by atoms with Gasteiger partial charge in [-0.1, -0.05) is 13.8 Å². The van der Waals surface area contributed by atoms with Gasteiger partial charge in [0.15, 0.2) is 0 Å². The Labute approximate surface area is 147 Å². The van der Waals surface area contributed by atoms with Gasteiger partial charge in [0.25, 0.3) is 0 Å². The lowest BCUT2D eigenvalue weighted by Crippen LogP contribution is -2.60. The van der Waals surface area contributed by atoms with Gasteiger partial charge < -0.3 is 15.3 Å². The van der Waals surface area contributed by atoms with E-state index in [0.717, 1.165) is 4.90 Å². The summed E-state index contributed by atoms with van der Waals surface area (Å²) < 4.78 is 40.6. The number of nitrogens with zero attached hydrogens (tertiary/aromatic N) is 2. The molecule has 1 aromatic heterocycles. The van der Waals surface area contributed by atoms with Gasteiger partial charge >= 0.3 is 6.18 Å². The quantitative estimate of drug-likeness (QED) is 0.832. The molecule has 2 rings (SSSR count). The second-order valence-electron chi connectivity index (χ2n) is 6.40. The minimum Gasteiger partial charge on any atom is -0.374 e. The van der Waals surface area contributed by atoms with E-state index in [1.165, 1.54) is 12.3 Å². The highest BCUT2D eigenvalue weighted by atomic mass is 32.1. The SMILES string of the molecule is Cc1csc(C(O)(CC(=O)N2CCNC(=O)C2C(C)C)C(F)(F)F)n1. The van der Waals surface area contributed by atoms with Crippen LogP contribution in [0.15, 0.2) is 5.38 Å². The number of thiazole rings is 1. The van der Waals surface area contributed by atoms with E-state index in [-0.39, 0.29) is 19.0 Å². The second kappa shape index (κ2) is 6.91. The van der Waals surface area contributed by atoms with Crippen LogP contribution in [0.5, 0.6) is 0 Å². The Hall–Kier alpha value is -1.68. The molecule has 2 atom stereocenters. The number of piperazine rings is 1. The summed E-state index contributed by atoms with van der Waals surface area (Å²) in [5.74, 6) is -1.61. The predicted molar refractivity (Wildman–Crippen MR) is 84.8 cm³/mol. The highest BCUT2D eigenvalue weighted by Crippen LogP contribution is 2.43. The first-order valence-corrected chi connectivity index (χ1v) is 8.64. The molecule has 6 nitrogen and oxygen atoms in total. The van der Waals surface area contributed by atoms with Crippen molar-refractivity contribution in [2.24, 2.45) is 5.92 Å². The molecule has 0 spiro atoms. The van der Waals surface area contributed by atoms with Gasteiger partial charge in [0, 0.05) is 24.2 Å². The predicted octanol–water partition coefficient (Wildman–Crippen LogP) is 1.57. The molecule has 25 heavy (non-hydrogen) atoms. The molecule has 2 unspecified atom stereocenters. The average molecular weight is 379 g/mol. The molecular formula is C15H20F3N3O3S. The Morgan fingerprint density at radius 2 is 2.16 bits per heavy atom. The number of aromatic nitrogens is 1. The molecule has 1 saturated heterocycles. The van der Waals surface area contributed by atoms with Crippen molar-refractivity contribution < 1.29 is 27.9 Å². The second-order valence-corrected chi connectivity index (χ2v) is 7.25. The number of alkyl halides is 3. The van der Waals surface area contributed by atoms with Gasteiger partial charge in [-0.25, -0.2) is 4.98 Å². The van der Waals surface area contributed by atoms with Crippen LogP contribution in [-0.2, 0) is 15.2 Å². The monoisotopic (exact) mass is 379 g/mol. The Kier molecular flexibility index (Phi) is 5.43. The van der Waals surface area contributed by atoms with Crippen LogP contribution in [0, 0.1) is 12.8 Å². The van der Waals surface area contributed by atoms with Crippen molar-refractivity contribution in [2.45, 2.75) is 45.0 Å². The lowest BCUT2D eigenvalue weighted by molar-refractivity contribution is -0.268. The van der Waals surface area contributed by atoms with Crippen molar-refractivity contribution >= 4 is 23.2 Å². The molecule has 0 saturated carbocycles. The number of carbonyl (C=O) groups is 2. The fourth-order valence-corrected chi connectivity index (χ4v) is 3.70. The van der Waals surface area contributed by atoms with Crippen LogP contribution in [0.4, 0.5) is 13.2 Å². The zero-order chi connectivity index (χ0) is 19.0. The summed E-state index contributed by atoms with van der Waals surface area (Å²) in [5, 5.41) is 13.7. The maximum atomic E-state index is 13.5. The van der Waals surface area contributed by atoms with E-state index in [4.69, 9.17) is 0 Å². The van der Waals surface area contributed by atoms with E-state index in [1.54, 1.807) is 13.8 Å². The molecular weight excluding hydrogens is 359 g/mol. The fraction of sp³-hybridized carbons (Fsp3) is 0.667. The topological polar surface area (TPSA) is 82.5 Å². The zero-order valence-corrected chi connectivity index (χ0v) is 14.9. The van der Waals surface area contributed by atoms with Gasteiger partial charge in [-0.05, 0) is 12.8 Å². The van der Waals surface area contributed by atoms with Gasteiger partial charge in [-0.2, -0.15) is 13.2 Å². The molecule has 1 aromatic rings. The zero-order valence-electron chi connectivity index (χ0n) is 14.1. The standard InChI is InChI=1S/C15H20F3N3O3S/c1-8(2)11-12(23)19-4-5-21(11)10(22)6-14(24,15(16,17)18)13-20-9(3)7-25-13/h7-8,11,24H,4-6H2,1-3H3,(H,19,23). The Balaban J connectivity index is 2.32. The Bertz CT molecular complexity index is 662. The van der Waals surface area contributed by atoms with E-state index in [2.05, 4.69) is 10.3 Å². The van der Waals surface area contributed by atoms with E-state index >= 15 is 0 Å². The van der Waals surface area contributed by atoms with Crippen LogP contribution < -0.4 is 5.32 Å². The summed E-state index contributed by atoms with van der Waals surface area (Å²) in [6, 6.07) is -0.864. The summed E-state index contributed by atoms with van der Waals surface area (Å²) in [7, 11) is 0. The maximum absolute atomic E-state index is 13.5. The molecule has 1 aliphatic rings. The number of hydrogen-bond donors (Lipinski definition) is 2. The smallest absolute Gasteiger partial charge is 0.374 e. The lowest BCUT2D eigenvalue weighted by Gasteiger charge is -2.39. The molecule has 10 heteroatoms. The third-order valence-corrected chi connectivity index (χ3v) is 5.17. The fourth-order valence-electron chi connectivity index (χ4n) is 2.79. The lowest BCUT2D eigenvalue weighted by atomic mass is 9.95. The molecule has 0 radical (unpaired) electrons. The molecule has 1 fully saturated rings. The van der Waals surface area contributed by atoms with Crippen LogP contribution in [0.3, 0.4) is 0 Å². The minimum absolute atomic E-state index is 0.0955. The molecule has 0 aliphatic carbocycles. The number of carbonyl (C=O) groups excluding carboxylic acids is 2. The number of aliphatic hydroxyl groups is 1. The summed E-state index contributed by atoms with van der Waals surface area (Å²) in [6.07, 6.45) is -6.28. The third kappa shape index (κ3) is 3.79. The molecule has 1 aliphatic heterocycles. The van der Waals surface area contributed by atoms with Gasteiger partial charge in [0.05, 0.1) is 6.42 Å². The Morgan fingerprint density at radius 3 is 2.64 bits per heavy atom. The van der Waals surface area contributed by atoms with Crippen molar-refractivity contribution in [1.82, 2.24) is 15.2 Å². The van der Waals surface area contributed by atoms with E-state index in [9.17, 15) is 27.9 Å². The average Bonchev–Trinajstić information content (AvgIpc) is 2.92. The summed E-state index contributed by atoms with van der Waals surface area (Å²) >= 11 is 0.649. The minimum atomic E-state index is -5.07. The molecule has 0 bridgehead atoms. The van der Waals surface area contributed by atoms with Crippen molar-refractivity contribution in [1.29, 1.82) is 0 Å². The van der Waals surface area contributed by atoms with Crippen LogP contribution in [0.1, 0.15) is 31.0 Å². The van der Waals surface area contributed by atoms with Gasteiger partial charge in [0.1, 0.15) is 11.0 Å². The van der Waals surface area contributed by atoms with E-state index in [1.807, 2.05) is 0 Å². The first-order valence-electron chi connectivity index (χ1n) is 7.76. The van der Waals surface area contributed by atoms with Crippen molar-refractivity contribution in [3.05, 3.63) is 16.1 Å². The van der Waals surface area contributed by atoms with Gasteiger partial charge in [-0.3, -0.25) is 9.59 Å².